The summed E-state index contributed by atoms with van der Waals surface area (Å²) in [7, 11) is 0. The lowest BCUT2D eigenvalue weighted by Crippen LogP contribution is -2.10. The topological polar surface area (TPSA) is 22.0 Å². The molecule has 0 aliphatic rings. The second-order valence-electron chi connectivity index (χ2n) is 2.44. The number of rotatable bonds is 2. The van der Waals surface area contributed by atoms with E-state index in [1.807, 2.05) is 12.3 Å². The van der Waals surface area contributed by atoms with Crippen LogP contribution in [-0.4, -0.2) is 3.59 Å². The average molecular weight is 216 g/mol. The third-order valence-corrected chi connectivity index (χ3v) is 2.02. The Bertz CT molecular complexity index is 292. The van der Waals surface area contributed by atoms with Gasteiger partial charge in [0.15, 0.2) is 0 Å². The van der Waals surface area contributed by atoms with Crippen LogP contribution in [0.15, 0.2) is 23.1 Å². The highest BCUT2D eigenvalue weighted by atomic mass is 79.9. The van der Waals surface area contributed by atoms with Gasteiger partial charge in [-0.1, -0.05) is 19.4 Å². The first-order valence-electron chi connectivity index (χ1n) is 3.61. The summed E-state index contributed by atoms with van der Waals surface area (Å²) in [4.78, 5) is 10.9. The second kappa shape index (κ2) is 3.72. The highest BCUT2D eigenvalue weighted by Crippen LogP contribution is 2.00. The number of pyridine rings is 1. The Hall–Kier alpha value is -0.570. The molecular weight excluding hydrogens is 206 g/mol. The summed E-state index contributed by atoms with van der Waals surface area (Å²) in [6.07, 6.45) is 3.93. The van der Waals surface area contributed by atoms with Crippen LogP contribution in [0.3, 0.4) is 0 Å². The Balaban J connectivity index is 2.96. The molecule has 0 radical (unpaired) electrons. The van der Waals surface area contributed by atoms with Crippen LogP contribution < -0.4 is 5.56 Å². The molecule has 0 amide bonds. The van der Waals surface area contributed by atoms with E-state index in [1.165, 1.54) is 9.16 Å². The van der Waals surface area contributed by atoms with Crippen LogP contribution in [0, 0.1) is 0 Å². The molecule has 11 heavy (non-hydrogen) atoms. The summed E-state index contributed by atoms with van der Waals surface area (Å²) in [6.45, 7) is 2.11. The Morgan fingerprint density at radius 1 is 1.55 bits per heavy atom. The Morgan fingerprint density at radius 2 is 2.27 bits per heavy atom. The van der Waals surface area contributed by atoms with Crippen LogP contribution in [0.2, 0.25) is 0 Å². The largest absolute Gasteiger partial charge is 0.268 e. The molecule has 1 aromatic heterocycles. The number of aryl methyl sites for hydroxylation is 1. The number of hydrogen-bond donors (Lipinski definition) is 0. The highest BCUT2D eigenvalue weighted by Gasteiger charge is 1.93. The molecule has 3 heteroatoms. The third kappa shape index (κ3) is 2.19. The van der Waals surface area contributed by atoms with Gasteiger partial charge in [0.1, 0.15) is 0 Å². The zero-order valence-corrected chi connectivity index (χ0v) is 7.97. The maximum absolute atomic E-state index is 10.9. The summed E-state index contributed by atoms with van der Waals surface area (Å²) in [6, 6.07) is 3.43. The van der Waals surface area contributed by atoms with Crippen LogP contribution in [0.1, 0.15) is 18.9 Å². The Kier molecular flexibility index (Phi) is 2.88. The number of hydrogen-bond acceptors (Lipinski definition) is 1. The minimum atomic E-state index is -0.0233. The molecule has 0 aliphatic heterocycles. The molecule has 1 heterocycles. The van der Waals surface area contributed by atoms with Gasteiger partial charge in [0.25, 0.3) is 5.56 Å². The summed E-state index contributed by atoms with van der Waals surface area (Å²) in [5.74, 6) is 0. The lowest BCUT2D eigenvalue weighted by molar-refractivity contribution is 0.907. The lowest BCUT2D eigenvalue weighted by Gasteiger charge is -1.98. The van der Waals surface area contributed by atoms with E-state index < -0.39 is 0 Å². The van der Waals surface area contributed by atoms with Crippen LogP contribution in [-0.2, 0) is 6.42 Å². The van der Waals surface area contributed by atoms with E-state index in [4.69, 9.17) is 0 Å². The first kappa shape index (κ1) is 8.53. The van der Waals surface area contributed by atoms with E-state index in [9.17, 15) is 4.79 Å². The minimum absolute atomic E-state index is 0.0233. The molecule has 0 fully saturated rings. The van der Waals surface area contributed by atoms with E-state index in [-0.39, 0.29) is 5.56 Å². The molecule has 0 bridgehead atoms. The van der Waals surface area contributed by atoms with Crippen molar-refractivity contribution in [3.63, 3.8) is 0 Å². The van der Waals surface area contributed by atoms with E-state index in [1.54, 1.807) is 6.07 Å². The van der Waals surface area contributed by atoms with Gasteiger partial charge in [0.2, 0.25) is 0 Å². The fourth-order valence-electron chi connectivity index (χ4n) is 0.938. The van der Waals surface area contributed by atoms with Crippen molar-refractivity contribution in [2.24, 2.45) is 0 Å². The molecule has 1 rings (SSSR count). The minimum Gasteiger partial charge on any atom is -0.268 e. The van der Waals surface area contributed by atoms with Crippen molar-refractivity contribution in [3.8, 4) is 0 Å². The zero-order valence-electron chi connectivity index (χ0n) is 6.38. The summed E-state index contributed by atoms with van der Waals surface area (Å²) in [5.41, 5.74) is 1.16. The van der Waals surface area contributed by atoms with Gasteiger partial charge in [0, 0.05) is 12.3 Å². The van der Waals surface area contributed by atoms with Gasteiger partial charge < -0.3 is 0 Å². The molecule has 0 atom stereocenters. The molecule has 2 nitrogen and oxygen atoms in total. The molecule has 0 saturated heterocycles. The number of nitrogens with zero attached hydrogens (tertiary/aromatic N) is 1. The van der Waals surface area contributed by atoms with Gasteiger partial charge in [-0.15, -0.1) is 0 Å². The van der Waals surface area contributed by atoms with E-state index in [2.05, 4.69) is 23.1 Å². The van der Waals surface area contributed by atoms with Crippen molar-refractivity contribution in [1.82, 2.24) is 3.59 Å². The van der Waals surface area contributed by atoms with E-state index >= 15 is 0 Å². The molecule has 0 aromatic carbocycles. The molecule has 60 valence electrons. The van der Waals surface area contributed by atoms with Gasteiger partial charge in [-0.3, -0.25) is 4.79 Å². The summed E-state index contributed by atoms with van der Waals surface area (Å²) in [5, 5.41) is 0. The lowest BCUT2D eigenvalue weighted by atomic mass is 10.2. The van der Waals surface area contributed by atoms with Crippen LogP contribution >= 0.6 is 16.1 Å². The van der Waals surface area contributed by atoms with Crippen molar-refractivity contribution >= 4 is 16.1 Å². The van der Waals surface area contributed by atoms with Gasteiger partial charge in [0.05, 0.1) is 16.1 Å². The van der Waals surface area contributed by atoms with Crippen LogP contribution in [0.5, 0.6) is 0 Å². The smallest absolute Gasteiger partial charge is 0.260 e. The van der Waals surface area contributed by atoms with Crippen molar-refractivity contribution < 1.29 is 0 Å². The first-order chi connectivity index (χ1) is 5.24. The monoisotopic (exact) mass is 215 g/mol. The SMILES string of the molecule is CCCc1ccc(=O)n(Br)c1. The first-order valence-corrected chi connectivity index (χ1v) is 4.32. The fourth-order valence-corrected chi connectivity index (χ4v) is 1.32. The zero-order chi connectivity index (χ0) is 8.27. The summed E-state index contributed by atoms with van der Waals surface area (Å²) >= 11 is 3.12. The number of halogens is 1. The molecular formula is C8H10BrNO. The van der Waals surface area contributed by atoms with Gasteiger partial charge in [-0.25, -0.2) is 3.59 Å². The highest BCUT2D eigenvalue weighted by molar-refractivity contribution is 9.08. The van der Waals surface area contributed by atoms with Crippen LogP contribution in [0.4, 0.5) is 0 Å². The molecule has 0 aliphatic carbocycles. The normalized spacial score (nSPS) is 10.0. The molecule has 0 unspecified atom stereocenters. The van der Waals surface area contributed by atoms with Gasteiger partial charge in [-0.2, -0.15) is 0 Å². The third-order valence-electron chi connectivity index (χ3n) is 1.47. The van der Waals surface area contributed by atoms with E-state index in [0.717, 1.165) is 12.8 Å². The van der Waals surface area contributed by atoms with Crippen molar-refractivity contribution in [3.05, 3.63) is 34.2 Å². The molecule has 0 saturated carbocycles. The predicted molar refractivity (Wildman–Crippen MR) is 49.0 cm³/mol. The van der Waals surface area contributed by atoms with Gasteiger partial charge >= 0.3 is 0 Å². The summed E-state index contributed by atoms with van der Waals surface area (Å²) < 4.78 is 1.43. The molecule has 0 N–H and O–H groups in total. The fraction of sp³-hybridized carbons (Fsp3) is 0.375. The van der Waals surface area contributed by atoms with Crippen molar-refractivity contribution in [2.75, 3.05) is 0 Å². The Labute approximate surface area is 74.2 Å². The quantitative estimate of drug-likeness (QED) is 0.740. The maximum Gasteiger partial charge on any atom is 0.260 e. The van der Waals surface area contributed by atoms with Crippen molar-refractivity contribution in [1.29, 1.82) is 0 Å². The molecule has 1 aromatic rings. The molecule has 0 spiro atoms. The number of aromatic nitrogens is 1. The maximum atomic E-state index is 10.9. The van der Waals surface area contributed by atoms with Crippen LogP contribution in [0.25, 0.3) is 0 Å². The second-order valence-corrected chi connectivity index (χ2v) is 3.20. The van der Waals surface area contributed by atoms with Gasteiger partial charge in [-0.05, 0) is 12.0 Å². The van der Waals surface area contributed by atoms with Crippen molar-refractivity contribution in [2.45, 2.75) is 19.8 Å². The predicted octanol–water partition coefficient (Wildman–Crippen LogP) is 1.96. The standard InChI is InChI=1S/C8H10BrNO/c1-2-3-7-4-5-8(11)10(9)6-7/h4-6H,2-3H2,1H3. The van der Waals surface area contributed by atoms with E-state index in [0.29, 0.717) is 0 Å². The Morgan fingerprint density at radius 3 is 2.82 bits per heavy atom. The average Bonchev–Trinajstić information content (AvgIpc) is 1.98.